The Morgan fingerprint density at radius 3 is 2.34 bits per heavy atom. The number of nitrogens with zero attached hydrogens (tertiary/aromatic N) is 3. The summed E-state index contributed by atoms with van der Waals surface area (Å²) in [5.74, 6) is -2.37. The fourth-order valence-corrected chi connectivity index (χ4v) is 3.35. The van der Waals surface area contributed by atoms with E-state index in [1.807, 2.05) is 0 Å². The Balaban J connectivity index is 1.78. The number of amides is 1. The molecule has 9 heteroatoms. The summed E-state index contributed by atoms with van der Waals surface area (Å²) in [5.41, 5.74) is 0.480. The van der Waals surface area contributed by atoms with Crippen LogP contribution >= 0.6 is 15.9 Å². The topological polar surface area (TPSA) is 51.9 Å². The van der Waals surface area contributed by atoms with Crippen molar-refractivity contribution in [2.24, 2.45) is 0 Å². The van der Waals surface area contributed by atoms with E-state index in [2.05, 4.69) is 26.3 Å². The maximum atomic E-state index is 14.1. The lowest BCUT2D eigenvalue weighted by Gasteiger charge is -2.12. The van der Waals surface area contributed by atoms with Gasteiger partial charge in [0, 0.05) is 22.9 Å². The molecular formula is C20H12BrF3N4O. The van der Waals surface area contributed by atoms with Gasteiger partial charge in [0.1, 0.15) is 17.2 Å². The zero-order valence-corrected chi connectivity index (χ0v) is 16.2. The molecule has 29 heavy (non-hydrogen) atoms. The molecule has 2 heterocycles. The van der Waals surface area contributed by atoms with Crippen LogP contribution in [-0.4, -0.2) is 20.3 Å². The van der Waals surface area contributed by atoms with Gasteiger partial charge in [-0.25, -0.2) is 17.9 Å². The molecule has 1 N–H and O–H groups in total. The summed E-state index contributed by atoms with van der Waals surface area (Å²) < 4.78 is 43.9. The first-order valence-corrected chi connectivity index (χ1v) is 9.16. The summed E-state index contributed by atoms with van der Waals surface area (Å²) in [5, 5.41) is 6.68. The fourth-order valence-electron chi connectivity index (χ4n) is 2.84. The Morgan fingerprint density at radius 2 is 1.69 bits per heavy atom. The predicted molar refractivity (Wildman–Crippen MR) is 105 cm³/mol. The molecule has 0 spiro atoms. The number of halogens is 4. The molecule has 5 nitrogen and oxygen atoms in total. The molecule has 146 valence electrons. The normalized spacial score (nSPS) is 10.9. The Bertz CT molecular complexity index is 1160. The van der Waals surface area contributed by atoms with Crippen LogP contribution in [0.4, 0.5) is 18.9 Å². The first-order valence-electron chi connectivity index (χ1n) is 8.37. The lowest BCUT2D eigenvalue weighted by molar-refractivity contribution is 0.102. The molecule has 0 bridgehead atoms. The minimum atomic E-state index is -0.918. The minimum Gasteiger partial charge on any atom is -0.318 e. The van der Waals surface area contributed by atoms with Crippen molar-refractivity contribution in [3.63, 3.8) is 0 Å². The van der Waals surface area contributed by atoms with Gasteiger partial charge in [0.05, 0.1) is 17.6 Å². The van der Waals surface area contributed by atoms with Crippen molar-refractivity contribution in [1.82, 2.24) is 14.3 Å². The van der Waals surface area contributed by atoms with Crippen molar-refractivity contribution >= 4 is 27.5 Å². The van der Waals surface area contributed by atoms with Crippen LogP contribution in [0.5, 0.6) is 0 Å². The quantitative estimate of drug-likeness (QED) is 0.460. The van der Waals surface area contributed by atoms with Crippen LogP contribution in [0.1, 0.15) is 10.4 Å². The average Bonchev–Trinajstić information content (AvgIpc) is 3.34. The second-order valence-corrected chi connectivity index (χ2v) is 6.91. The Kier molecular flexibility index (Phi) is 4.98. The largest absolute Gasteiger partial charge is 0.318 e. The number of carbonyl (C=O) groups excluding carboxylic acids is 1. The van der Waals surface area contributed by atoms with E-state index in [1.54, 1.807) is 29.1 Å². The second-order valence-electron chi connectivity index (χ2n) is 6.06. The number of hydrogen-bond donors (Lipinski definition) is 1. The van der Waals surface area contributed by atoms with Crippen molar-refractivity contribution < 1.29 is 18.0 Å². The summed E-state index contributed by atoms with van der Waals surface area (Å²) in [7, 11) is 0. The van der Waals surface area contributed by atoms with E-state index < -0.39 is 23.4 Å². The van der Waals surface area contributed by atoms with Gasteiger partial charge in [-0.05, 0) is 58.4 Å². The van der Waals surface area contributed by atoms with E-state index in [1.165, 1.54) is 35.1 Å². The van der Waals surface area contributed by atoms with Crippen LogP contribution in [0.25, 0.3) is 11.5 Å². The third-order valence-electron chi connectivity index (χ3n) is 4.15. The van der Waals surface area contributed by atoms with Crippen LogP contribution in [0.15, 0.2) is 71.6 Å². The lowest BCUT2D eigenvalue weighted by Crippen LogP contribution is -2.16. The molecular weight excluding hydrogens is 449 g/mol. The third-order valence-corrected chi connectivity index (χ3v) is 4.78. The third kappa shape index (κ3) is 3.68. The molecule has 1 amide bonds. The summed E-state index contributed by atoms with van der Waals surface area (Å²) >= 11 is 3.05. The number of aromatic nitrogens is 3. The molecule has 2 aromatic carbocycles. The Labute approximate surface area is 171 Å². The maximum Gasteiger partial charge on any atom is 0.261 e. The number of rotatable bonds is 4. The molecule has 0 aliphatic carbocycles. The van der Waals surface area contributed by atoms with E-state index in [9.17, 15) is 18.0 Å². The molecule has 0 radical (unpaired) electrons. The highest BCUT2D eigenvalue weighted by atomic mass is 79.9. The van der Waals surface area contributed by atoms with Crippen LogP contribution < -0.4 is 5.32 Å². The average molecular weight is 461 g/mol. The minimum absolute atomic E-state index is 0.0665. The fraction of sp³-hybridized carbons (Fsp3) is 0. The molecule has 4 aromatic rings. The van der Waals surface area contributed by atoms with Crippen LogP contribution in [0.2, 0.25) is 0 Å². The standard InChI is InChI=1S/C20H12BrF3N4O/c21-16-9-13(23)10-17(24)18(16)26-19(29)15-11-25-28(14-5-3-12(22)4-6-14)20(15)27-7-1-2-8-27/h1-11H,(H,26,29). The first kappa shape index (κ1) is 19.0. The Hall–Kier alpha value is -3.33. The molecule has 0 aliphatic heterocycles. The molecule has 0 saturated carbocycles. The van der Waals surface area contributed by atoms with E-state index in [-0.39, 0.29) is 15.7 Å². The number of hydrogen-bond acceptors (Lipinski definition) is 2. The Morgan fingerprint density at radius 1 is 1.00 bits per heavy atom. The van der Waals surface area contributed by atoms with Gasteiger partial charge in [0.15, 0.2) is 11.6 Å². The van der Waals surface area contributed by atoms with Gasteiger partial charge < -0.3 is 9.88 Å². The second kappa shape index (κ2) is 7.59. The number of benzene rings is 2. The van der Waals surface area contributed by atoms with Crippen molar-refractivity contribution in [3.05, 3.63) is 94.6 Å². The van der Waals surface area contributed by atoms with E-state index >= 15 is 0 Å². The summed E-state index contributed by atoms with van der Waals surface area (Å²) in [4.78, 5) is 12.9. The van der Waals surface area contributed by atoms with Crippen LogP contribution in [0.3, 0.4) is 0 Å². The van der Waals surface area contributed by atoms with Gasteiger partial charge in [0.2, 0.25) is 0 Å². The van der Waals surface area contributed by atoms with Gasteiger partial charge in [0.25, 0.3) is 5.91 Å². The monoisotopic (exact) mass is 460 g/mol. The highest BCUT2D eigenvalue weighted by Gasteiger charge is 2.22. The molecule has 0 saturated heterocycles. The maximum absolute atomic E-state index is 14.1. The summed E-state index contributed by atoms with van der Waals surface area (Å²) in [6, 6.07) is 10.9. The molecule has 2 aromatic heterocycles. The van der Waals surface area contributed by atoms with Crippen molar-refractivity contribution in [1.29, 1.82) is 0 Å². The number of nitrogens with one attached hydrogen (secondary N) is 1. The molecule has 0 atom stereocenters. The smallest absolute Gasteiger partial charge is 0.261 e. The zero-order valence-electron chi connectivity index (χ0n) is 14.6. The highest BCUT2D eigenvalue weighted by molar-refractivity contribution is 9.10. The number of carbonyl (C=O) groups is 1. The first-order chi connectivity index (χ1) is 13.9. The van der Waals surface area contributed by atoms with E-state index in [0.717, 1.165) is 6.07 Å². The predicted octanol–water partition coefficient (Wildman–Crippen LogP) is 5.10. The van der Waals surface area contributed by atoms with Gasteiger partial charge >= 0.3 is 0 Å². The van der Waals surface area contributed by atoms with E-state index in [0.29, 0.717) is 17.6 Å². The van der Waals surface area contributed by atoms with E-state index in [4.69, 9.17) is 0 Å². The molecule has 4 rings (SSSR count). The zero-order chi connectivity index (χ0) is 20.5. The summed E-state index contributed by atoms with van der Waals surface area (Å²) in [6.45, 7) is 0. The van der Waals surface area contributed by atoms with Gasteiger partial charge in [-0.15, -0.1) is 0 Å². The van der Waals surface area contributed by atoms with Gasteiger partial charge in [-0.3, -0.25) is 4.79 Å². The van der Waals surface area contributed by atoms with Gasteiger partial charge in [-0.2, -0.15) is 5.10 Å². The summed E-state index contributed by atoms with van der Waals surface area (Å²) in [6.07, 6.45) is 4.74. The molecule has 0 unspecified atom stereocenters. The van der Waals surface area contributed by atoms with Gasteiger partial charge in [-0.1, -0.05) is 0 Å². The van der Waals surface area contributed by atoms with Crippen LogP contribution in [-0.2, 0) is 0 Å². The number of anilines is 1. The van der Waals surface area contributed by atoms with Crippen molar-refractivity contribution in [3.8, 4) is 11.5 Å². The molecule has 0 aliphatic rings. The van der Waals surface area contributed by atoms with Crippen molar-refractivity contribution in [2.45, 2.75) is 0 Å². The SMILES string of the molecule is O=C(Nc1c(F)cc(F)cc1Br)c1cnn(-c2ccc(F)cc2)c1-n1cccc1. The lowest BCUT2D eigenvalue weighted by atomic mass is 10.2. The van der Waals surface area contributed by atoms with Crippen LogP contribution in [0, 0.1) is 17.5 Å². The van der Waals surface area contributed by atoms with Crippen molar-refractivity contribution in [2.75, 3.05) is 5.32 Å². The highest BCUT2D eigenvalue weighted by Crippen LogP contribution is 2.28. The molecule has 0 fully saturated rings.